The van der Waals surface area contributed by atoms with E-state index in [1.54, 1.807) is 0 Å². The van der Waals surface area contributed by atoms with E-state index >= 15 is 0 Å². The highest BCUT2D eigenvalue weighted by atomic mass is 16.7. The summed E-state index contributed by atoms with van der Waals surface area (Å²) in [5.41, 5.74) is 0. The van der Waals surface area contributed by atoms with Gasteiger partial charge in [-0.15, -0.1) is 0 Å². The predicted octanol–water partition coefficient (Wildman–Crippen LogP) is 16.2. The SMILES string of the molecule is CC/C=C\C/C=C\C/C=C\C/C=C\C/C=C\CCCCCCCCCCCCCCCCCCCC(=O)OC(COC(=O)CCCCCCC/C=C\C/C=C\CCCCC)COC(OCC[N+](C)(C)C)C(=O)[O-]. The first-order valence-corrected chi connectivity index (χ1v) is 29.7. The van der Waals surface area contributed by atoms with Crippen LogP contribution in [0.3, 0.4) is 0 Å². The predicted molar refractivity (Wildman–Crippen MR) is 306 cm³/mol. The summed E-state index contributed by atoms with van der Waals surface area (Å²) in [7, 11) is 5.92. The number of likely N-dealkylation sites (N-methyl/N-ethyl adjacent to an activating group) is 1. The van der Waals surface area contributed by atoms with Crippen molar-refractivity contribution in [3.63, 3.8) is 0 Å². The maximum atomic E-state index is 12.9. The first-order chi connectivity index (χ1) is 35.6. The van der Waals surface area contributed by atoms with Gasteiger partial charge in [0.1, 0.15) is 13.2 Å². The van der Waals surface area contributed by atoms with Crippen molar-refractivity contribution in [1.29, 1.82) is 0 Å². The van der Waals surface area contributed by atoms with Gasteiger partial charge >= 0.3 is 11.9 Å². The number of carbonyl (C=O) groups excluding carboxylic acids is 3. The van der Waals surface area contributed by atoms with Crippen molar-refractivity contribution in [3.05, 3.63) is 85.1 Å². The van der Waals surface area contributed by atoms with Crippen LogP contribution in [-0.2, 0) is 33.3 Å². The third-order valence-electron chi connectivity index (χ3n) is 12.6. The molecule has 2 unspecified atom stereocenters. The summed E-state index contributed by atoms with van der Waals surface area (Å²) in [6.45, 7) is 4.60. The lowest BCUT2D eigenvalue weighted by atomic mass is 10.0. The van der Waals surface area contributed by atoms with Gasteiger partial charge in [-0.1, -0.05) is 227 Å². The number of ether oxygens (including phenoxy) is 4. The van der Waals surface area contributed by atoms with Crippen LogP contribution in [-0.4, -0.2) is 82.3 Å². The van der Waals surface area contributed by atoms with Gasteiger partial charge in [0.25, 0.3) is 0 Å². The molecule has 0 saturated heterocycles. The first-order valence-electron chi connectivity index (χ1n) is 29.7. The van der Waals surface area contributed by atoms with E-state index in [4.69, 9.17) is 18.9 Å². The van der Waals surface area contributed by atoms with Gasteiger partial charge in [-0.05, 0) is 89.9 Å². The van der Waals surface area contributed by atoms with Crippen molar-refractivity contribution in [2.75, 3.05) is 47.5 Å². The molecule has 0 aromatic rings. The fourth-order valence-electron chi connectivity index (χ4n) is 8.06. The van der Waals surface area contributed by atoms with E-state index in [0.29, 0.717) is 17.4 Å². The van der Waals surface area contributed by atoms with Crippen LogP contribution in [0, 0.1) is 0 Å². The molecule has 0 amide bonds. The summed E-state index contributed by atoms with van der Waals surface area (Å²) in [6, 6.07) is 0. The monoisotopic (exact) mass is 1020 g/mol. The van der Waals surface area contributed by atoms with Crippen LogP contribution in [0.15, 0.2) is 85.1 Å². The molecule has 0 aromatic carbocycles. The third-order valence-corrected chi connectivity index (χ3v) is 12.6. The standard InChI is InChI=1S/C64H111NO8/c1-6-8-10-12-14-16-18-20-22-23-24-25-26-27-28-29-30-31-32-33-34-35-36-37-38-39-41-43-45-47-49-51-53-55-62(67)73-60(59-72-64(63(68)69)70-57-56-65(3,4)5)58-71-61(66)54-52-50-48-46-44-42-40-21-19-17-15-13-11-9-7-2/h8,10,14-17,20-22,24-25,27-28,40,60,64H,6-7,9,11-13,18-19,23,26,29-39,41-59H2,1-5H3/b10-8-,16-14-,17-15-,22-20-,25-24-,28-27-,40-21-. The van der Waals surface area contributed by atoms with Gasteiger partial charge < -0.3 is 33.3 Å². The fourth-order valence-corrected chi connectivity index (χ4v) is 8.06. The molecule has 0 bridgehead atoms. The number of carboxylic acid groups (broad SMARTS) is 1. The first kappa shape index (κ1) is 69.5. The van der Waals surface area contributed by atoms with Gasteiger partial charge in [-0.3, -0.25) is 9.59 Å². The largest absolute Gasteiger partial charge is 0.545 e. The van der Waals surface area contributed by atoms with Gasteiger partial charge in [0.2, 0.25) is 0 Å². The fraction of sp³-hybridized carbons (Fsp3) is 0.734. The lowest BCUT2D eigenvalue weighted by Gasteiger charge is -2.26. The van der Waals surface area contributed by atoms with E-state index in [9.17, 15) is 19.5 Å². The summed E-state index contributed by atoms with van der Waals surface area (Å²) in [4.78, 5) is 37.2. The van der Waals surface area contributed by atoms with Gasteiger partial charge in [0.05, 0.1) is 40.3 Å². The van der Waals surface area contributed by atoms with Crippen molar-refractivity contribution in [1.82, 2.24) is 0 Å². The zero-order valence-corrected chi connectivity index (χ0v) is 47.7. The minimum Gasteiger partial charge on any atom is -0.545 e. The Morgan fingerprint density at radius 2 is 0.781 bits per heavy atom. The van der Waals surface area contributed by atoms with Crippen molar-refractivity contribution < 1.29 is 42.9 Å². The van der Waals surface area contributed by atoms with E-state index in [0.717, 1.165) is 96.3 Å². The molecule has 0 heterocycles. The van der Waals surface area contributed by atoms with Crippen molar-refractivity contribution in [2.24, 2.45) is 0 Å². The van der Waals surface area contributed by atoms with Crippen molar-refractivity contribution in [3.8, 4) is 0 Å². The third kappa shape index (κ3) is 56.0. The molecule has 0 aromatic heterocycles. The molecule has 9 nitrogen and oxygen atoms in total. The molecule has 2 atom stereocenters. The quantitative estimate of drug-likeness (QED) is 0.0195. The minimum absolute atomic E-state index is 0.143. The number of nitrogens with zero attached hydrogens (tertiary/aromatic N) is 1. The Hall–Kier alpha value is -3.53. The molecule has 0 rings (SSSR count). The minimum atomic E-state index is -1.63. The maximum Gasteiger partial charge on any atom is 0.306 e. The zero-order chi connectivity index (χ0) is 53.4. The molecule has 420 valence electrons. The molecule has 0 aliphatic carbocycles. The second kappa shape index (κ2) is 54.7. The summed E-state index contributed by atoms with van der Waals surface area (Å²) < 4.78 is 22.7. The maximum absolute atomic E-state index is 12.9. The topological polar surface area (TPSA) is 111 Å². The lowest BCUT2D eigenvalue weighted by Crippen LogP contribution is -2.44. The van der Waals surface area contributed by atoms with Crippen LogP contribution in [0.25, 0.3) is 0 Å². The van der Waals surface area contributed by atoms with Crippen molar-refractivity contribution >= 4 is 17.9 Å². The summed E-state index contributed by atoms with van der Waals surface area (Å²) in [5.74, 6) is -2.30. The highest BCUT2D eigenvalue weighted by molar-refractivity contribution is 5.70. The highest BCUT2D eigenvalue weighted by Crippen LogP contribution is 2.16. The second-order valence-corrected chi connectivity index (χ2v) is 20.9. The zero-order valence-electron chi connectivity index (χ0n) is 47.7. The molecule has 73 heavy (non-hydrogen) atoms. The van der Waals surface area contributed by atoms with Crippen LogP contribution >= 0.6 is 0 Å². The number of esters is 2. The number of hydrogen-bond donors (Lipinski definition) is 0. The number of quaternary nitrogens is 1. The van der Waals surface area contributed by atoms with Crippen LogP contribution in [0.2, 0.25) is 0 Å². The molecule has 0 spiro atoms. The van der Waals surface area contributed by atoms with Gasteiger partial charge in [-0.2, -0.15) is 0 Å². The molecule has 0 fully saturated rings. The van der Waals surface area contributed by atoms with Crippen molar-refractivity contribution in [2.45, 2.75) is 257 Å². The van der Waals surface area contributed by atoms with Crippen LogP contribution in [0.4, 0.5) is 0 Å². The molecule has 0 saturated carbocycles. The molecule has 9 heteroatoms. The molecule has 0 N–H and O–H groups in total. The Morgan fingerprint density at radius 1 is 0.425 bits per heavy atom. The van der Waals surface area contributed by atoms with Gasteiger partial charge in [0, 0.05) is 12.8 Å². The Kier molecular flexibility index (Phi) is 52.1. The lowest BCUT2D eigenvalue weighted by molar-refractivity contribution is -0.870. The number of rotatable bonds is 54. The van der Waals surface area contributed by atoms with E-state index in [1.165, 1.54) is 116 Å². The summed E-state index contributed by atoms with van der Waals surface area (Å²) in [6.07, 6.45) is 69.3. The van der Waals surface area contributed by atoms with Gasteiger partial charge in [-0.25, -0.2) is 0 Å². The Morgan fingerprint density at radius 3 is 1.16 bits per heavy atom. The molecule has 0 aliphatic heterocycles. The van der Waals surface area contributed by atoms with E-state index < -0.39 is 24.3 Å². The highest BCUT2D eigenvalue weighted by Gasteiger charge is 2.22. The number of carbonyl (C=O) groups is 3. The number of hydrogen-bond acceptors (Lipinski definition) is 8. The molecular weight excluding hydrogens is 911 g/mol. The average molecular weight is 1020 g/mol. The number of carboxylic acids is 1. The van der Waals surface area contributed by atoms with Crippen LogP contribution in [0.5, 0.6) is 0 Å². The van der Waals surface area contributed by atoms with E-state index in [1.807, 2.05) is 21.1 Å². The summed E-state index contributed by atoms with van der Waals surface area (Å²) in [5, 5.41) is 11.8. The van der Waals surface area contributed by atoms with E-state index in [2.05, 4.69) is 98.9 Å². The van der Waals surface area contributed by atoms with Crippen LogP contribution < -0.4 is 5.11 Å². The molecular formula is C64H111NO8. The molecule has 0 radical (unpaired) electrons. The average Bonchev–Trinajstić information content (AvgIpc) is 3.36. The Labute approximate surface area is 449 Å². The Balaban J connectivity index is 4.13. The summed E-state index contributed by atoms with van der Waals surface area (Å²) >= 11 is 0. The second-order valence-electron chi connectivity index (χ2n) is 20.9. The smallest absolute Gasteiger partial charge is 0.306 e. The Bertz CT molecular complexity index is 1470. The van der Waals surface area contributed by atoms with Crippen LogP contribution in [0.1, 0.15) is 245 Å². The molecule has 0 aliphatic rings. The normalized spacial score (nSPS) is 13.4. The number of aliphatic carboxylic acids is 1. The van der Waals surface area contributed by atoms with Gasteiger partial charge in [0.15, 0.2) is 12.4 Å². The van der Waals surface area contributed by atoms with E-state index in [-0.39, 0.29) is 38.6 Å². The number of allylic oxidation sites excluding steroid dienone is 14. The number of unbranched alkanes of at least 4 members (excludes halogenated alkanes) is 25.